The zero-order chi connectivity index (χ0) is 22.8. The Hall–Kier alpha value is -2.22. The summed E-state index contributed by atoms with van der Waals surface area (Å²) < 4.78 is 28.0. The summed E-state index contributed by atoms with van der Waals surface area (Å²) in [6, 6.07) is 13.6. The molecule has 172 valence electrons. The molecule has 0 unspecified atom stereocenters. The lowest BCUT2D eigenvalue weighted by Crippen LogP contribution is -2.20. The van der Waals surface area contributed by atoms with E-state index in [4.69, 9.17) is 0 Å². The van der Waals surface area contributed by atoms with Crippen LogP contribution in [0.5, 0.6) is 0 Å². The molecule has 0 saturated carbocycles. The van der Waals surface area contributed by atoms with Crippen LogP contribution in [0, 0.1) is 17.0 Å². The Kier molecular flexibility index (Phi) is 9.26. The third-order valence-electron chi connectivity index (χ3n) is 6.83. The highest BCUT2D eigenvalue weighted by Crippen LogP contribution is 2.40. The lowest BCUT2D eigenvalue weighted by atomic mass is 9.73. The second-order valence-electron chi connectivity index (χ2n) is 9.35. The number of halogens is 2. The second-order valence-corrected chi connectivity index (χ2v) is 9.35. The van der Waals surface area contributed by atoms with E-state index in [1.807, 2.05) is 0 Å². The van der Waals surface area contributed by atoms with Crippen LogP contribution in [0.4, 0.5) is 8.78 Å². The summed E-state index contributed by atoms with van der Waals surface area (Å²) >= 11 is 0. The summed E-state index contributed by atoms with van der Waals surface area (Å²) in [4.78, 5) is 0. The van der Waals surface area contributed by atoms with E-state index in [2.05, 4.69) is 62.4 Å². The van der Waals surface area contributed by atoms with Gasteiger partial charge in [0.1, 0.15) is 0 Å². The topological polar surface area (TPSA) is 0 Å². The van der Waals surface area contributed by atoms with E-state index in [1.54, 1.807) is 12.1 Å². The smallest absolute Gasteiger partial charge is 0.162 e. The molecule has 1 aliphatic rings. The molecule has 0 atom stereocenters. The van der Waals surface area contributed by atoms with Crippen molar-refractivity contribution < 1.29 is 8.78 Å². The predicted octanol–water partition coefficient (Wildman–Crippen LogP) is 9.11. The van der Waals surface area contributed by atoms with Gasteiger partial charge in [0.05, 0.1) is 0 Å². The maximum Gasteiger partial charge on any atom is 0.162 e. The standard InChI is InChI=1S/C30H38F2/c1-3-5-7-10-24-13-15-25(16-14-24)17-21-30(20-8-6-4-2)22-18-26(19-23-30)27-11-9-12-28(31)29(27)32/h9,11-16,18-19,22-23,26H,3-8,10,17,20-21H2,1-2H3. The molecule has 0 aliphatic heterocycles. The van der Waals surface area contributed by atoms with Crippen molar-refractivity contribution in [3.63, 3.8) is 0 Å². The van der Waals surface area contributed by atoms with Gasteiger partial charge in [0.25, 0.3) is 0 Å². The van der Waals surface area contributed by atoms with Gasteiger partial charge in [-0.1, -0.05) is 107 Å². The molecule has 3 rings (SSSR count). The van der Waals surface area contributed by atoms with Gasteiger partial charge in [-0.2, -0.15) is 0 Å². The van der Waals surface area contributed by atoms with Gasteiger partial charge in [0, 0.05) is 16.9 Å². The first-order valence-corrected chi connectivity index (χ1v) is 12.5. The molecule has 32 heavy (non-hydrogen) atoms. The van der Waals surface area contributed by atoms with Crippen molar-refractivity contribution in [3.05, 3.63) is 95.1 Å². The van der Waals surface area contributed by atoms with E-state index in [9.17, 15) is 8.78 Å². The van der Waals surface area contributed by atoms with Crippen molar-refractivity contribution in [2.45, 2.75) is 84.0 Å². The Morgan fingerprint density at radius 2 is 1.34 bits per heavy atom. The third kappa shape index (κ3) is 6.64. The van der Waals surface area contributed by atoms with E-state index in [0.717, 1.165) is 19.3 Å². The minimum absolute atomic E-state index is 0.00469. The maximum absolute atomic E-state index is 14.3. The van der Waals surface area contributed by atoms with E-state index < -0.39 is 11.6 Å². The van der Waals surface area contributed by atoms with Gasteiger partial charge in [-0.15, -0.1) is 0 Å². The zero-order valence-corrected chi connectivity index (χ0v) is 19.8. The largest absolute Gasteiger partial charge is 0.204 e. The average molecular weight is 437 g/mol. The SMILES string of the molecule is CCCCCc1ccc(CCC2(CCCCC)C=CC(c3cccc(F)c3F)C=C2)cc1. The molecule has 0 heterocycles. The molecule has 0 aromatic heterocycles. The lowest BCUT2D eigenvalue weighted by molar-refractivity contribution is 0.387. The predicted molar refractivity (Wildman–Crippen MR) is 132 cm³/mol. The van der Waals surface area contributed by atoms with E-state index in [1.165, 1.54) is 62.1 Å². The van der Waals surface area contributed by atoms with Crippen LogP contribution in [0.2, 0.25) is 0 Å². The molecule has 0 amide bonds. The highest BCUT2D eigenvalue weighted by molar-refractivity contribution is 5.36. The van der Waals surface area contributed by atoms with Crippen LogP contribution in [0.25, 0.3) is 0 Å². The molecular formula is C30H38F2. The minimum Gasteiger partial charge on any atom is -0.204 e. The fraction of sp³-hybridized carbons (Fsp3) is 0.467. The van der Waals surface area contributed by atoms with Crippen molar-refractivity contribution in [2.24, 2.45) is 5.41 Å². The molecule has 0 fully saturated rings. The van der Waals surface area contributed by atoms with Gasteiger partial charge >= 0.3 is 0 Å². The van der Waals surface area contributed by atoms with Crippen LogP contribution in [-0.2, 0) is 12.8 Å². The normalized spacial score (nSPS) is 20.1. The monoisotopic (exact) mass is 436 g/mol. The molecular weight excluding hydrogens is 398 g/mol. The first-order valence-electron chi connectivity index (χ1n) is 12.5. The first kappa shape index (κ1) is 24.4. The van der Waals surface area contributed by atoms with Crippen LogP contribution < -0.4 is 0 Å². The molecule has 2 aromatic rings. The summed E-state index contributed by atoms with van der Waals surface area (Å²) in [6.07, 6.45) is 20.4. The molecule has 2 heteroatoms. The number of rotatable bonds is 12. The molecule has 1 aliphatic carbocycles. The summed E-state index contributed by atoms with van der Waals surface area (Å²) in [7, 11) is 0. The van der Waals surface area contributed by atoms with Crippen molar-refractivity contribution >= 4 is 0 Å². The van der Waals surface area contributed by atoms with Gasteiger partial charge < -0.3 is 0 Å². The highest BCUT2D eigenvalue weighted by atomic mass is 19.2. The minimum atomic E-state index is -0.776. The van der Waals surface area contributed by atoms with E-state index >= 15 is 0 Å². The van der Waals surface area contributed by atoms with E-state index in [-0.39, 0.29) is 11.3 Å². The van der Waals surface area contributed by atoms with Crippen LogP contribution in [0.3, 0.4) is 0 Å². The van der Waals surface area contributed by atoms with Crippen LogP contribution in [0.15, 0.2) is 66.8 Å². The third-order valence-corrected chi connectivity index (χ3v) is 6.83. The Morgan fingerprint density at radius 1 is 0.719 bits per heavy atom. The van der Waals surface area contributed by atoms with Crippen LogP contribution in [0.1, 0.15) is 87.8 Å². The molecule has 0 N–H and O–H groups in total. The number of hydrogen-bond donors (Lipinski definition) is 0. The van der Waals surface area contributed by atoms with Crippen molar-refractivity contribution in [3.8, 4) is 0 Å². The number of allylic oxidation sites excluding steroid dienone is 4. The Labute approximate surface area is 193 Å². The number of benzene rings is 2. The summed E-state index contributed by atoms with van der Waals surface area (Å²) in [5, 5.41) is 0. The number of aryl methyl sites for hydroxylation is 2. The fourth-order valence-electron chi connectivity index (χ4n) is 4.69. The van der Waals surface area contributed by atoms with Gasteiger partial charge in [0.15, 0.2) is 11.6 Å². The molecule has 2 aromatic carbocycles. The summed E-state index contributed by atoms with van der Waals surface area (Å²) in [6.45, 7) is 4.47. The molecule has 0 nitrogen and oxygen atoms in total. The second kappa shape index (κ2) is 12.1. The molecule has 0 bridgehead atoms. The van der Waals surface area contributed by atoms with Gasteiger partial charge in [-0.05, 0) is 49.3 Å². The first-order chi connectivity index (χ1) is 15.6. The number of hydrogen-bond acceptors (Lipinski definition) is 0. The molecule has 0 spiro atoms. The van der Waals surface area contributed by atoms with Crippen molar-refractivity contribution in [1.82, 2.24) is 0 Å². The molecule has 0 radical (unpaired) electrons. The highest BCUT2D eigenvalue weighted by Gasteiger charge is 2.28. The fourth-order valence-corrected chi connectivity index (χ4v) is 4.69. The van der Waals surface area contributed by atoms with Crippen LogP contribution >= 0.6 is 0 Å². The van der Waals surface area contributed by atoms with Gasteiger partial charge in [-0.25, -0.2) is 8.78 Å². The van der Waals surface area contributed by atoms with Crippen molar-refractivity contribution in [1.29, 1.82) is 0 Å². The van der Waals surface area contributed by atoms with Crippen LogP contribution in [-0.4, -0.2) is 0 Å². The quantitative estimate of drug-likeness (QED) is 0.230. The number of unbranched alkanes of at least 4 members (excludes halogenated alkanes) is 4. The lowest BCUT2D eigenvalue weighted by Gasteiger charge is -2.32. The zero-order valence-electron chi connectivity index (χ0n) is 19.8. The maximum atomic E-state index is 14.3. The Bertz CT molecular complexity index is 878. The van der Waals surface area contributed by atoms with Gasteiger partial charge in [0.2, 0.25) is 0 Å². The van der Waals surface area contributed by atoms with Gasteiger partial charge in [-0.3, -0.25) is 0 Å². The summed E-state index contributed by atoms with van der Waals surface area (Å²) in [5.41, 5.74) is 3.21. The summed E-state index contributed by atoms with van der Waals surface area (Å²) in [5.74, 6) is -1.71. The Morgan fingerprint density at radius 3 is 2.00 bits per heavy atom. The van der Waals surface area contributed by atoms with Crippen molar-refractivity contribution in [2.75, 3.05) is 0 Å². The Balaban J connectivity index is 1.67. The average Bonchev–Trinajstić information content (AvgIpc) is 2.81. The van der Waals surface area contributed by atoms with E-state index in [0.29, 0.717) is 5.56 Å². The molecule has 0 saturated heterocycles.